The number of rotatable bonds is 6. The number of nitrogens with zero attached hydrogens (tertiary/aromatic N) is 2. The minimum atomic E-state index is -0.483. The van der Waals surface area contributed by atoms with Crippen molar-refractivity contribution in [3.05, 3.63) is 60.0 Å². The summed E-state index contributed by atoms with van der Waals surface area (Å²) in [5.41, 5.74) is 1.16. The first kappa shape index (κ1) is 16.5. The predicted octanol–water partition coefficient (Wildman–Crippen LogP) is 3.11. The lowest BCUT2D eigenvalue weighted by atomic mass is 10.2. The van der Waals surface area contributed by atoms with Gasteiger partial charge in [-0.1, -0.05) is 17.3 Å². The molecule has 0 radical (unpaired) electrons. The van der Waals surface area contributed by atoms with E-state index < -0.39 is 5.97 Å². The van der Waals surface area contributed by atoms with Gasteiger partial charge in [-0.3, -0.25) is 0 Å². The van der Waals surface area contributed by atoms with E-state index in [2.05, 4.69) is 10.1 Å². The molecule has 25 heavy (non-hydrogen) atoms. The molecule has 0 amide bonds. The minimum Gasteiger partial charge on any atom is -0.497 e. The number of ether oxygens (including phenoxy) is 3. The van der Waals surface area contributed by atoms with Gasteiger partial charge in [-0.15, -0.1) is 0 Å². The fourth-order valence-corrected chi connectivity index (χ4v) is 2.13. The molecule has 0 saturated heterocycles. The first-order valence-electron chi connectivity index (χ1n) is 7.48. The smallest absolute Gasteiger partial charge is 0.338 e. The van der Waals surface area contributed by atoms with Crippen molar-refractivity contribution in [2.75, 3.05) is 14.2 Å². The number of carbonyl (C=O) groups excluding carboxylic acids is 1. The third-order valence-electron chi connectivity index (χ3n) is 3.45. The monoisotopic (exact) mass is 340 g/mol. The van der Waals surface area contributed by atoms with E-state index in [0.29, 0.717) is 22.9 Å². The largest absolute Gasteiger partial charge is 0.497 e. The fourth-order valence-electron chi connectivity index (χ4n) is 2.13. The molecule has 0 spiro atoms. The first-order valence-corrected chi connectivity index (χ1v) is 7.48. The quantitative estimate of drug-likeness (QED) is 0.637. The molecule has 3 rings (SSSR count). The van der Waals surface area contributed by atoms with Crippen molar-refractivity contribution in [2.24, 2.45) is 0 Å². The SMILES string of the molecule is COc1ccc(C(=O)OCc2nc(-c3cccc(OC)c3)no2)cc1. The Morgan fingerprint density at radius 3 is 2.52 bits per heavy atom. The zero-order valence-electron chi connectivity index (χ0n) is 13.8. The Hall–Kier alpha value is -3.35. The van der Waals surface area contributed by atoms with Gasteiger partial charge in [0.15, 0.2) is 6.61 Å². The Kier molecular flexibility index (Phi) is 4.94. The second-order valence-electron chi connectivity index (χ2n) is 5.05. The van der Waals surface area contributed by atoms with Crippen LogP contribution in [0.2, 0.25) is 0 Å². The summed E-state index contributed by atoms with van der Waals surface area (Å²) in [5, 5.41) is 3.89. The molecule has 0 saturated carbocycles. The molecule has 7 heteroatoms. The van der Waals surface area contributed by atoms with E-state index in [1.165, 1.54) is 0 Å². The molecule has 0 aliphatic heterocycles. The second-order valence-corrected chi connectivity index (χ2v) is 5.05. The molecule has 1 aromatic heterocycles. The molecule has 0 fully saturated rings. The van der Waals surface area contributed by atoms with E-state index in [1.54, 1.807) is 44.6 Å². The van der Waals surface area contributed by atoms with Gasteiger partial charge in [0.25, 0.3) is 5.89 Å². The molecule has 0 aliphatic rings. The van der Waals surface area contributed by atoms with Crippen LogP contribution >= 0.6 is 0 Å². The summed E-state index contributed by atoms with van der Waals surface area (Å²) in [4.78, 5) is 16.2. The highest BCUT2D eigenvalue weighted by atomic mass is 16.6. The van der Waals surface area contributed by atoms with Crippen LogP contribution in [0.25, 0.3) is 11.4 Å². The Balaban J connectivity index is 1.63. The van der Waals surface area contributed by atoms with Crippen molar-refractivity contribution in [3.8, 4) is 22.9 Å². The van der Waals surface area contributed by atoms with Crippen LogP contribution in [0, 0.1) is 0 Å². The second kappa shape index (κ2) is 7.48. The van der Waals surface area contributed by atoms with Gasteiger partial charge in [0.05, 0.1) is 19.8 Å². The van der Waals surface area contributed by atoms with Crippen LogP contribution in [-0.2, 0) is 11.3 Å². The molecule has 7 nitrogen and oxygen atoms in total. The van der Waals surface area contributed by atoms with Gasteiger partial charge in [0.1, 0.15) is 11.5 Å². The van der Waals surface area contributed by atoms with Crippen LogP contribution in [0.3, 0.4) is 0 Å². The number of hydrogen-bond donors (Lipinski definition) is 0. The molecule has 0 aliphatic carbocycles. The van der Waals surface area contributed by atoms with Crippen molar-refractivity contribution >= 4 is 5.97 Å². The first-order chi connectivity index (χ1) is 12.2. The highest BCUT2D eigenvalue weighted by Crippen LogP contribution is 2.21. The Morgan fingerprint density at radius 1 is 1.04 bits per heavy atom. The summed E-state index contributed by atoms with van der Waals surface area (Å²) in [6.45, 7) is -0.109. The maximum absolute atomic E-state index is 12.0. The maximum atomic E-state index is 12.0. The normalized spacial score (nSPS) is 10.3. The van der Waals surface area contributed by atoms with Gasteiger partial charge < -0.3 is 18.7 Å². The van der Waals surface area contributed by atoms with Crippen LogP contribution in [0.4, 0.5) is 0 Å². The summed E-state index contributed by atoms with van der Waals surface area (Å²) in [6, 6.07) is 13.9. The van der Waals surface area contributed by atoms with Gasteiger partial charge in [0.2, 0.25) is 5.82 Å². The Morgan fingerprint density at radius 2 is 1.80 bits per heavy atom. The molecule has 0 unspecified atom stereocenters. The van der Waals surface area contributed by atoms with E-state index in [4.69, 9.17) is 18.7 Å². The summed E-state index contributed by atoms with van der Waals surface area (Å²) in [6.07, 6.45) is 0. The van der Waals surface area contributed by atoms with Crippen LogP contribution < -0.4 is 9.47 Å². The highest BCUT2D eigenvalue weighted by molar-refractivity contribution is 5.89. The lowest BCUT2D eigenvalue weighted by molar-refractivity contribution is 0.0430. The minimum absolute atomic E-state index is 0.109. The van der Waals surface area contributed by atoms with Crippen LogP contribution in [-0.4, -0.2) is 30.3 Å². The zero-order valence-corrected chi connectivity index (χ0v) is 13.8. The maximum Gasteiger partial charge on any atom is 0.338 e. The molecule has 3 aromatic rings. The van der Waals surface area contributed by atoms with E-state index in [9.17, 15) is 4.79 Å². The lowest BCUT2D eigenvalue weighted by Crippen LogP contribution is -2.05. The fraction of sp³-hybridized carbons (Fsp3) is 0.167. The van der Waals surface area contributed by atoms with E-state index in [0.717, 1.165) is 5.56 Å². The third kappa shape index (κ3) is 3.95. The third-order valence-corrected chi connectivity index (χ3v) is 3.45. The van der Waals surface area contributed by atoms with Crippen molar-refractivity contribution in [1.82, 2.24) is 10.1 Å². The van der Waals surface area contributed by atoms with E-state index in [1.807, 2.05) is 18.2 Å². The van der Waals surface area contributed by atoms with Crippen molar-refractivity contribution in [1.29, 1.82) is 0 Å². The molecular formula is C18H16N2O5. The standard InChI is InChI=1S/C18H16N2O5/c1-22-14-8-6-12(7-9-14)18(21)24-11-16-19-17(20-25-16)13-4-3-5-15(10-13)23-2/h3-10H,11H2,1-2H3. The summed E-state index contributed by atoms with van der Waals surface area (Å²) >= 11 is 0. The number of esters is 1. The van der Waals surface area contributed by atoms with Crippen LogP contribution in [0.15, 0.2) is 53.1 Å². The Bertz CT molecular complexity index is 858. The molecule has 0 atom stereocenters. The number of methoxy groups -OCH3 is 2. The Labute approximate surface area is 144 Å². The molecule has 128 valence electrons. The van der Waals surface area contributed by atoms with Gasteiger partial charge in [-0.05, 0) is 36.4 Å². The van der Waals surface area contributed by atoms with E-state index in [-0.39, 0.29) is 12.5 Å². The number of carbonyl (C=O) groups is 1. The van der Waals surface area contributed by atoms with Crippen molar-refractivity contribution < 1.29 is 23.5 Å². The average molecular weight is 340 g/mol. The van der Waals surface area contributed by atoms with Crippen molar-refractivity contribution in [2.45, 2.75) is 6.61 Å². The topological polar surface area (TPSA) is 83.7 Å². The zero-order chi connectivity index (χ0) is 17.6. The number of benzene rings is 2. The number of hydrogen-bond acceptors (Lipinski definition) is 7. The predicted molar refractivity (Wildman–Crippen MR) is 88.4 cm³/mol. The van der Waals surface area contributed by atoms with Crippen LogP contribution in [0.5, 0.6) is 11.5 Å². The number of aromatic nitrogens is 2. The highest BCUT2D eigenvalue weighted by Gasteiger charge is 2.13. The summed E-state index contributed by atoms with van der Waals surface area (Å²) in [5.74, 6) is 1.48. The molecule has 0 N–H and O–H groups in total. The average Bonchev–Trinajstić information content (AvgIpc) is 3.15. The van der Waals surface area contributed by atoms with Gasteiger partial charge in [-0.2, -0.15) is 4.98 Å². The molecule has 2 aromatic carbocycles. The van der Waals surface area contributed by atoms with E-state index >= 15 is 0 Å². The lowest BCUT2D eigenvalue weighted by Gasteiger charge is -2.03. The molecule has 0 bridgehead atoms. The summed E-state index contributed by atoms with van der Waals surface area (Å²) in [7, 11) is 3.14. The van der Waals surface area contributed by atoms with Gasteiger partial charge >= 0.3 is 5.97 Å². The van der Waals surface area contributed by atoms with Crippen LogP contribution in [0.1, 0.15) is 16.2 Å². The van der Waals surface area contributed by atoms with Gasteiger partial charge in [-0.25, -0.2) is 4.79 Å². The summed E-state index contributed by atoms with van der Waals surface area (Å²) < 4.78 is 20.5. The molecule has 1 heterocycles. The molecular weight excluding hydrogens is 324 g/mol. The van der Waals surface area contributed by atoms with Gasteiger partial charge in [0, 0.05) is 5.56 Å². The van der Waals surface area contributed by atoms with Crippen molar-refractivity contribution in [3.63, 3.8) is 0 Å².